The van der Waals surface area contributed by atoms with Gasteiger partial charge in [0.2, 0.25) is 0 Å². The zero-order valence-corrected chi connectivity index (χ0v) is 15.3. The van der Waals surface area contributed by atoms with Gasteiger partial charge in [-0.1, -0.05) is 49.1 Å². The maximum absolute atomic E-state index is 10.3. The third-order valence-corrected chi connectivity index (χ3v) is 4.39. The molecule has 1 rings (SSSR count). The van der Waals surface area contributed by atoms with E-state index in [2.05, 4.69) is 39.8 Å². The van der Waals surface area contributed by atoms with E-state index in [0.717, 1.165) is 31.3 Å². The Balaban J connectivity index is 2.52. The van der Waals surface area contributed by atoms with E-state index in [1.54, 1.807) is 0 Å². The van der Waals surface area contributed by atoms with Crippen LogP contribution in [0.4, 0.5) is 0 Å². The Labute approximate surface area is 142 Å². The van der Waals surface area contributed by atoms with Gasteiger partial charge in [0.25, 0.3) is 0 Å². The fourth-order valence-corrected chi connectivity index (χ4v) is 2.87. The lowest BCUT2D eigenvalue weighted by atomic mass is 9.87. The molecule has 0 spiro atoms. The molecule has 0 aromatic rings. The molecule has 130 valence electrons. The molecule has 0 amide bonds. The number of allylic oxidation sites excluding steroid dienone is 6. The topological polar surface area (TPSA) is 40.5 Å². The number of hydrogen-bond donors (Lipinski definition) is 2. The SMILES string of the molecule is CCCCCC1=CC(O)C(C/C=C(/C)CCC=C(C)C)C(O)=C1. The monoisotopic (exact) mass is 318 g/mol. The van der Waals surface area contributed by atoms with Crippen molar-refractivity contribution >= 4 is 0 Å². The average Bonchev–Trinajstić information content (AvgIpc) is 2.46. The second-order valence-corrected chi connectivity index (χ2v) is 6.97. The molecule has 0 heterocycles. The van der Waals surface area contributed by atoms with Crippen LogP contribution in [0.15, 0.2) is 46.8 Å². The number of aliphatic hydroxyl groups excluding tert-OH is 2. The van der Waals surface area contributed by atoms with E-state index >= 15 is 0 Å². The predicted octanol–water partition coefficient (Wildman–Crippen LogP) is 6.01. The van der Waals surface area contributed by atoms with Gasteiger partial charge >= 0.3 is 0 Å². The van der Waals surface area contributed by atoms with Crippen molar-refractivity contribution in [2.45, 2.75) is 78.7 Å². The third kappa shape index (κ3) is 7.69. The fraction of sp³-hybridized carbons (Fsp3) is 0.619. The molecular formula is C21H34O2. The first-order valence-corrected chi connectivity index (χ1v) is 9.02. The molecule has 23 heavy (non-hydrogen) atoms. The lowest BCUT2D eigenvalue weighted by Crippen LogP contribution is -2.23. The molecule has 2 atom stereocenters. The lowest BCUT2D eigenvalue weighted by Gasteiger charge is -2.24. The first-order valence-electron chi connectivity index (χ1n) is 9.02. The highest BCUT2D eigenvalue weighted by Crippen LogP contribution is 2.28. The van der Waals surface area contributed by atoms with Crippen LogP contribution in [0.2, 0.25) is 0 Å². The predicted molar refractivity (Wildman–Crippen MR) is 99.5 cm³/mol. The van der Waals surface area contributed by atoms with Crippen molar-refractivity contribution < 1.29 is 10.2 Å². The molecular weight excluding hydrogens is 284 g/mol. The second kappa shape index (κ2) is 10.5. The Hall–Kier alpha value is -1.28. The van der Waals surface area contributed by atoms with Crippen molar-refractivity contribution in [2.75, 3.05) is 0 Å². The Morgan fingerprint density at radius 2 is 1.91 bits per heavy atom. The van der Waals surface area contributed by atoms with Crippen molar-refractivity contribution in [2.24, 2.45) is 5.92 Å². The summed E-state index contributed by atoms with van der Waals surface area (Å²) in [4.78, 5) is 0. The molecule has 0 saturated heterocycles. The minimum Gasteiger partial charge on any atom is -0.512 e. The van der Waals surface area contributed by atoms with Crippen LogP contribution in [0.25, 0.3) is 0 Å². The van der Waals surface area contributed by atoms with Crippen LogP contribution in [0.3, 0.4) is 0 Å². The Morgan fingerprint density at radius 3 is 2.52 bits per heavy atom. The van der Waals surface area contributed by atoms with Crippen molar-refractivity contribution in [1.82, 2.24) is 0 Å². The summed E-state index contributed by atoms with van der Waals surface area (Å²) in [6, 6.07) is 0. The molecule has 2 nitrogen and oxygen atoms in total. The molecule has 0 radical (unpaired) electrons. The normalized spacial score (nSPS) is 21.7. The molecule has 0 aliphatic heterocycles. The van der Waals surface area contributed by atoms with Crippen molar-refractivity contribution in [3.63, 3.8) is 0 Å². The first-order chi connectivity index (χ1) is 10.9. The molecule has 2 unspecified atom stereocenters. The van der Waals surface area contributed by atoms with Crippen LogP contribution in [-0.4, -0.2) is 16.3 Å². The fourth-order valence-electron chi connectivity index (χ4n) is 2.87. The minimum absolute atomic E-state index is 0.191. The number of rotatable bonds is 9. The first kappa shape index (κ1) is 19.8. The van der Waals surface area contributed by atoms with Gasteiger partial charge in [-0.05, 0) is 64.5 Å². The third-order valence-electron chi connectivity index (χ3n) is 4.39. The van der Waals surface area contributed by atoms with Gasteiger partial charge in [-0.25, -0.2) is 0 Å². The molecule has 2 N–H and O–H groups in total. The van der Waals surface area contributed by atoms with Gasteiger partial charge in [0.1, 0.15) is 0 Å². The highest BCUT2D eigenvalue weighted by molar-refractivity contribution is 5.29. The van der Waals surface area contributed by atoms with Crippen LogP contribution in [0.1, 0.15) is 72.6 Å². The van der Waals surface area contributed by atoms with E-state index in [1.807, 2.05) is 12.2 Å². The maximum atomic E-state index is 10.3. The lowest BCUT2D eigenvalue weighted by molar-refractivity contribution is 0.138. The van der Waals surface area contributed by atoms with Crippen LogP contribution in [0, 0.1) is 5.92 Å². The molecule has 0 fully saturated rings. The largest absolute Gasteiger partial charge is 0.512 e. The number of unbranched alkanes of at least 4 members (excludes halogenated alkanes) is 2. The summed E-state index contributed by atoms with van der Waals surface area (Å²) in [5.41, 5.74) is 3.74. The summed E-state index contributed by atoms with van der Waals surface area (Å²) < 4.78 is 0. The van der Waals surface area contributed by atoms with E-state index in [4.69, 9.17) is 0 Å². The van der Waals surface area contributed by atoms with E-state index in [0.29, 0.717) is 12.2 Å². The van der Waals surface area contributed by atoms with E-state index in [-0.39, 0.29) is 5.92 Å². The van der Waals surface area contributed by atoms with Crippen molar-refractivity contribution in [1.29, 1.82) is 0 Å². The van der Waals surface area contributed by atoms with Crippen LogP contribution in [-0.2, 0) is 0 Å². The summed E-state index contributed by atoms with van der Waals surface area (Å²) >= 11 is 0. The zero-order chi connectivity index (χ0) is 17.2. The quantitative estimate of drug-likeness (QED) is 0.404. The molecule has 0 bridgehead atoms. The van der Waals surface area contributed by atoms with Gasteiger partial charge in [-0.3, -0.25) is 0 Å². The Kier molecular flexibility index (Phi) is 9.01. The second-order valence-electron chi connectivity index (χ2n) is 6.97. The van der Waals surface area contributed by atoms with Crippen molar-refractivity contribution in [3.8, 4) is 0 Å². The summed E-state index contributed by atoms with van der Waals surface area (Å²) in [5, 5.41) is 20.6. The molecule has 2 heteroatoms. The smallest absolute Gasteiger partial charge is 0.0988 e. The summed E-state index contributed by atoms with van der Waals surface area (Å²) in [6.45, 7) is 8.54. The molecule has 1 aliphatic carbocycles. The van der Waals surface area contributed by atoms with Crippen LogP contribution in [0.5, 0.6) is 0 Å². The van der Waals surface area contributed by atoms with E-state index in [1.165, 1.54) is 24.0 Å². The highest BCUT2D eigenvalue weighted by Gasteiger charge is 2.24. The molecule has 1 aliphatic rings. The zero-order valence-electron chi connectivity index (χ0n) is 15.3. The maximum Gasteiger partial charge on any atom is 0.0988 e. The number of aliphatic hydroxyl groups is 2. The summed E-state index contributed by atoms with van der Waals surface area (Å²) in [7, 11) is 0. The highest BCUT2D eigenvalue weighted by atomic mass is 16.3. The van der Waals surface area contributed by atoms with E-state index in [9.17, 15) is 10.2 Å². The molecule has 0 aromatic heterocycles. The number of hydrogen-bond acceptors (Lipinski definition) is 2. The summed E-state index contributed by atoms with van der Waals surface area (Å²) in [6.07, 6.45) is 14.9. The summed E-state index contributed by atoms with van der Waals surface area (Å²) in [5.74, 6) is 0.142. The van der Waals surface area contributed by atoms with Crippen LogP contribution >= 0.6 is 0 Å². The van der Waals surface area contributed by atoms with Gasteiger partial charge in [0.15, 0.2) is 0 Å². The standard InChI is InChI=1S/C21H34O2/c1-5-6-7-11-18-14-20(22)19(21(23)15-18)13-12-17(4)10-8-9-16(2)3/h9,12,14-15,19-20,22-23H,5-8,10-11,13H2,1-4H3/b17-12-. The Bertz CT molecular complexity index is 476. The minimum atomic E-state index is -0.571. The van der Waals surface area contributed by atoms with Crippen molar-refractivity contribution in [3.05, 3.63) is 46.8 Å². The van der Waals surface area contributed by atoms with Crippen LogP contribution < -0.4 is 0 Å². The van der Waals surface area contributed by atoms with Gasteiger partial charge in [-0.15, -0.1) is 0 Å². The van der Waals surface area contributed by atoms with Gasteiger partial charge in [-0.2, -0.15) is 0 Å². The molecule has 0 saturated carbocycles. The molecule has 0 aromatic carbocycles. The van der Waals surface area contributed by atoms with Gasteiger partial charge in [0, 0.05) is 5.92 Å². The van der Waals surface area contributed by atoms with Gasteiger partial charge < -0.3 is 10.2 Å². The Morgan fingerprint density at radius 1 is 1.17 bits per heavy atom. The van der Waals surface area contributed by atoms with E-state index < -0.39 is 6.10 Å². The average molecular weight is 319 g/mol. The van der Waals surface area contributed by atoms with Gasteiger partial charge in [0.05, 0.1) is 11.9 Å².